The maximum absolute atomic E-state index is 11.5. The van der Waals surface area contributed by atoms with Crippen LogP contribution in [0.2, 0.25) is 0 Å². The van der Waals surface area contributed by atoms with Crippen molar-refractivity contribution in [3.05, 3.63) is 0 Å². The average molecular weight is 260 g/mol. The van der Waals surface area contributed by atoms with Gasteiger partial charge < -0.3 is 9.64 Å². The third-order valence-electron chi connectivity index (χ3n) is 3.02. The number of carbonyl (C=O) groups excluding carboxylic acids is 1. The second-order valence-electron chi connectivity index (χ2n) is 4.41. The van der Waals surface area contributed by atoms with Crippen molar-refractivity contribution in [1.82, 2.24) is 9.80 Å². The van der Waals surface area contributed by atoms with Crippen LogP contribution in [-0.2, 0) is 9.53 Å². The Morgan fingerprint density at radius 1 is 1.35 bits per heavy atom. The van der Waals surface area contributed by atoms with Gasteiger partial charge in [0.05, 0.1) is 19.0 Å². The highest BCUT2D eigenvalue weighted by molar-refractivity contribution is 7.99. The Balaban J connectivity index is 2.00. The second-order valence-corrected chi connectivity index (χ2v) is 5.28. The molecular formula is C12H24N2O2S. The summed E-state index contributed by atoms with van der Waals surface area (Å²) in [5, 5.41) is 0. The fourth-order valence-corrected chi connectivity index (χ4v) is 2.33. The molecule has 0 N–H and O–H groups in total. The molecule has 100 valence electrons. The Kier molecular flexibility index (Phi) is 7.64. The molecule has 0 aromatic heterocycles. The molecule has 1 fully saturated rings. The molecule has 4 nitrogen and oxygen atoms in total. The van der Waals surface area contributed by atoms with Gasteiger partial charge in [0.25, 0.3) is 0 Å². The van der Waals surface area contributed by atoms with Gasteiger partial charge in [0.1, 0.15) is 0 Å². The molecular weight excluding hydrogens is 236 g/mol. The first-order valence-electron chi connectivity index (χ1n) is 6.27. The van der Waals surface area contributed by atoms with Crippen LogP contribution in [0.25, 0.3) is 0 Å². The summed E-state index contributed by atoms with van der Waals surface area (Å²) in [6, 6.07) is 0. The minimum absolute atomic E-state index is 0.240. The Morgan fingerprint density at radius 2 is 2.06 bits per heavy atom. The molecule has 0 radical (unpaired) electrons. The number of nitrogens with zero attached hydrogens (tertiary/aromatic N) is 2. The van der Waals surface area contributed by atoms with Crippen molar-refractivity contribution < 1.29 is 9.53 Å². The number of carbonyl (C=O) groups is 1. The Hall–Kier alpha value is -0.260. The fourth-order valence-electron chi connectivity index (χ4n) is 1.87. The van der Waals surface area contributed by atoms with E-state index in [0.717, 1.165) is 52.2 Å². The SMILES string of the molecule is CSCC(=O)N(C)CCCCN1CCOCC1. The molecule has 17 heavy (non-hydrogen) atoms. The second kappa shape index (κ2) is 8.78. The largest absolute Gasteiger partial charge is 0.379 e. The lowest BCUT2D eigenvalue weighted by molar-refractivity contribution is -0.127. The predicted octanol–water partition coefficient (Wildman–Crippen LogP) is 0.920. The molecule has 1 aliphatic rings. The first-order chi connectivity index (χ1) is 8.24. The van der Waals surface area contributed by atoms with E-state index in [9.17, 15) is 4.79 Å². The molecule has 1 heterocycles. The summed E-state index contributed by atoms with van der Waals surface area (Å²) >= 11 is 1.59. The zero-order chi connectivity index (χ0) is 12.5. The van der Waals surface area contributed by atoms with Gasteiger partial charge in [-0.3, -0.25) is 9.69 Å². The van der Waals surface area contributed by atoms with E-state index in [-0.39, 0.29) is 5.91 Å². The standard InChI is InChI=1S/C12H24N2O2S/c1-13(12(15)11-17-2)5-3-4-6-14-7-9-16-10-8-14/h3-11H2,1-2H3. The molecule has 1 aliphatic heterocycles. The van der Waals surface area contributed by atoms with Gasteiger partial charge in [0.2, 0.25) is 5.91 Å². The van der Waals surface area contributed by atoms with Crippen molar-refractivity contribution in [3.8, 4) is 0 Å². The first-order valence-corrected chi connectivity index (χ1v) is 7.66. The normalized spacial score (nSPS) is 17.1. The summed E-state index contributed by atoms with van der Waals surface area (Å²) < 4.78 is 5.31. The van der Waals surface area contributed by atoms with E-state index >= 15 is 0 Å². The first kappa shape index (κ1) is 14.8. The van der Waals surface area contributed by atoms with Crippen molar-refractivity contribution in [3.63, 3.8) is 0 Å². The van der Waals surface area contributed by atoms with Gasteiger partial charge in [0.15, 0.2) is 0 Å². The summed E-state index contributed by atoms with van der Waals surface area (Å²) in [6.45, 7) is 5.86. The number of hydrogen-bond donors (Lipinski definition) is 0. The maximum Gasteiger partial charge on any atom is 0.232 e. The van der Waals surface area contributed by atoms with E-state index < -0.39 is 0 Å². The van der Waals surface area contributed by atoms with Crippen molar-refractivity contribution in [2.24, 2.45) is 0 Å². The van der Waals surface area contributed by atoms with Crippen LogP contribution in [0.15, 0.2) is 0 Å². The monoisotopic (exact) mass is 260 g/mol. The van der Waals surface area contributed by atoms with Crippen LogP contribution in [0.1, 0.15) is 12.8 Å². The predicted molar refractivity (Wildman–Crippen MR) is 72.5 cm³/mol. The Labute approximate surface area is 109 Å². The summed E-state index contributed by atoms with van der Waals surface area (Å²) in [6.07, 6.45) is 4.22. The minimum atomic E-state index is 0.240. The number of rotatable bonds is 7. The lowest BCUT2D eigenvalue weighted by atomic mass is 10.2. The number of unbranched alkanes of at least 4 members (excludes halogenated alkanes) is 1. The van der Waals surface area contributed by atoms with Crippen LogP contribution in [0.5, 0.6) is 0 Å². The minimum Gasteiger partial charge on any atom is -0.379 e. The molecule has 0 unspecified atom stereocenters. The molecule has 0 aromatic carbocycles. The maximum atomic E-state index is 11.5. The summed E-state index contributed by atoms with van der Waals surface area (Å²) in [5.41, 5.74) is 0. The summed E-state index contributed by atoms with van der Waals surface area (Å²) in [4.78, 5) is 15.8. The molecule has 0 saturated carbocycles. The molecule has 1 saturated heterocycles. The van der Waals surface area contributed by atoms with E-state index in [4.69, 9.17) is 4.74 Å². The van der Waals surface area contributed by atoms with E-state index in [1.54, 1.807) is 11.8 Å². The van der Waals surface area contributed by atoms with Crippen LogP contribution >= 0.6 is 11.8 Å². The van der Waals surface area contributed by atoms with E-state index in [1.807, 2.05) is 18.2 Å². The molecule has 1 rings (SSSR count). The molecule has 0 atom stereocenters. The quantitative estimate of drug-likeness (QED) is 0.637. The lowest BCUT2D eigenvalue weighted by Gasteiger charge is -2.26. The number of morpholine rings is 1. The fraction of sp³-hybridized carbons (Fsp3) is 0.917. The van der Waals surface area contributed by atoms with Crippen molar-refractivity contribution in [1.29, 1.82) is 0 Å². The van der Waals surface area contributed by atoms with Crippen molar-refractivity contribution in [2.45, 2.75) is 12.8 Å². The smallest absolute Gasteiger partial charge is 0.232 e. The van der Waals surface area contributed by atoms with Crippen molar-refractivity contribution in [2.75, 3.05) is 58.4 Å². The molecule has 0 aromatic rings. The topological polar surface area (TPSA) is 32.8 Å². The van der Waals surface area contributed by atoms with E-state index in [1.165, 1.54) is 0 Å². The number of ether oxygens (including phenoxy) is 1. The number of thioether (sulfide) groups is 1. The van der Waals surface area contributed by atoms with Gasteiger partial charge in [0, 0.05) is 26.7 Å². The highest BCUT2D eigenvalue weighted by atomic mass is 32.2. The van der Waals surface area contributed by atoms with Crippen LogP contribution in [0, 0.1) is 0 Å². The third-order valence-corrected chi connectivity index (χ3v) is 3.55. The van der Waals surface area contributed by atoms with E-state index in [2.05, 4.69) is 4.90 Å². The zero-order valence-corrected chi connectivity index (χ0v) is 11.8. The Bertz CT molecular complexity index is 221. The number of hydrogen-bond acceptors (Lipinski definition) is 4. The molecule has 0 aliphatic carbocycles. The van der Waals surface area contributed by atoms with Gasteiger partial charge in [-0.15, -0.1) is 0 Å². The highest BCUT2D eigenvalue weighted by Crippen LogP contribution is 2.02. The summed E-state index contributed by atoms with van der Waals surface area (Å²) in [7, 11) is 1.90. The van der Waals surface area contributed by atoms with Gasteiger partial charge >= 0.3 is 0 Å². The van der Waals surface area contributed by atoms with E-state index in [0.29, 0.717) is 5.75 Å². The van der Waals surface area contributed by atoms with Gasteiger partial charge in [-0.2, -0.15) is 11.8 Å². The summed E-state index contributed by atoms with van der Waals surface area (Å²) in [5.74, 6) is 0.837. The molecule has 5 heteroatoms. The Morgan fingerprint density at radius 3 is 2.71 bits per heavy atom. The van der Waals surface area contributed by atoms with Crippen LogP contribution < -0.4 is 0 Å². The molecule has 1 amide bonds. The van der Waals surface area contributed by atoms with Crippen LogP contribution in [0.3, 0.4) is 0 Å². The molecule has 0 bridgehead atoms. The third kappa shape index (κ3) is 6.29. The van der Waals surface area contributed by atoms with Gasteiger partial charge in [-0.05, 0) is 25.6 Å². The van der Waals surface area contributed by atoms with Gasteiger partial charge in [-0.25, -0.2) is 0 Å². The highest BCUT2D eigenvalue weighted by Gasteiger charge is 2.10. The average Bonchev–Trinajstić information content (AvgIpc) is 2.36. The lowest BCUT2D eigenvalue weighted by Crippen LogP contribution is -2.37. The number of amides is 1. The molecule has 0 spiro atoms. The van der Waals surface area contributed by atoms with Crippen LogP contribution in [-0.4, -0.2) is 74.2 Å². The van der Waals surface area contributed by atoms with Gasteiger partial charge in [-0.1, -0.05) is 0 Å². The zero-order valence-electron chi connectivity index (χ0n) is 11.0. The van der Waals surface area contributed by atoms with Crippen molar-refractivity contribution >= 4 is 17.7 Å². The van der Waals surface area contributed by atoms with Crippen LogP contribution in [0.4, 0.5) is 0 Å².